The Bertz CT molecular complexity index is 3020. The molecule has 0 bridgehead atoms. The van der Waals surface area contributed by atoms with E-state index in [2.05, 4.69) is 199 Å². The molecule has 0 saturated carbocycles. The second kappa shape index (κ2) is 11.1. The average Bonchev–Trinajstić information content (AvgIpc) is 3.62. The van der Waals surface area contributed by atoms with Crippen LogP contribution in [0.5, 0.6) is 0 Å². The van der Waals surface area contributed by atoms with E-state index < -0.39 is 0 Å². The van der Waals surface area contributed by atoms with Crippen molar-refractivity contribution in [2.45, 2.75) is 19.3 Å². The third-order valence-electron chi connectivity index (χ3n) is 12.4. The second-order valence-corrected chi connectivity index (χ2v) is 15.7. The van der Waals surface area contributed by atoms with Gasteiger partial charge in [0.1, 0.15) is 5.58 Å². The van der Waals surface area contributed by atoms with Crippen molar-refractivity contribution >= 4 is 68.1 Å². The maximum absolute atomic E-state index is 7.01. The van der Waals surface area contributed by atoms with E-state index in [4.69, 9.17) is 4.42 Å². The Labute approximate surface area is 320 Å². The molecule has 0 aliphatic carbocycles. The molecule has 3 aliphatic heterocycles. The fourth-order valence-electron chi connectivity index (χ4n) is 9.87. The molecule has 0 fully saturated rings. The Balaban J connectivity index is 1.23. The Morgan fingerprint density at radius 3 is 1.95 bits per heavy atom. The molecule has 8 aromatic carbocycles. The number of hydrogen-bond donors (Lipinski definition) is 0. The number of furan rings is 1. The van der Waals surface area contributed by atoms with Gasteiger partial charge in [-0.1, -0.05) is 153 Å². The first-order chi connectivity index (χ1) is 27.1. The molecule has 0 unspecified atom stereocenters. The minimum atomic E-state index is -0.213. The normalized spacial score (nSPS) is 14.4. The minimum absolute atomic E-state index is 0.115. The van der Waals surface area contributed by atoms with Crippen molar-refractivity contribution in [1.29, 1.82) is 0 Å². The highest BCUT2D eigenvalue weighted by Gasteiger charge is 2.50. The summed E-state index contributed by atoms with van der Waals surface area (Å²) in [6, 6.07) is 64.6. The van der Waals surface area contributed by atoms with E-state index in [1.807, 2.05) is 0 Å². The number of nitrogens with zero attached hydrogens (tertiary/aromatic N) is 2. The molecule has 1 aromatic heterocycles. The molecule has 0 saturated heterocycles. The Hall–Kier alpha value is -6.78. The third-order valence-corrected chi connectivity index (χ3v) is 12.4. The first-order valence-electron chi connectivity index (χ1n) is 19.2. The Morgan fingerprint density at radius 2 is 1.15 bits per heavy atom. The Morgan fingerprint density at radius 1 is 0.491 bits per heavy atom. The van der Waals surface area contributed by atoms with Crippen LogP contribution in [0.2, 0.25) is 0 Å². The van der Waals surface area contributed by atoms with Crippen molar-refractivity contribution < 1.29 is 4.42 Å². The van der Waals surface area contributed by atoms with E-state index in [1.54, 1.807) is 0 Å². The molecule has 3 nitrogen and oxygen atoms in total. The zero-order valence-corrected chi connectivity index (χ0v) is 30.6. The summed E-state index contributed by atoms with van der Waals surface area (Å²) in [6.07, 6.45) is 0. The quantitative estimate of drug-likeness (QED) is 0.171. The molecule has 0 N–H and O–H groups in total. The van der Waals surface area contributed by atoms with Crippen molar-refractivity contribution in [3.63, 3.8) is 0 Å². The number of anilines is 5. The predicted octanol–water partition coefficient (Wildman–Crippen LogP) is 12.3. The van der Waals surface area contributed by atoms with Gasteiger partial charge in [0.2, 0.25) is 0 Å². The van der Waals surface area contributed by atoms with Gasteiger partial charge in [-0.15, -0.1) is 0 Å². The average molecular weight is 703 g/mol. The third kappa shape index (κ3) is 4.17. The van der Waals surface area contributed by atoms with Gasteiger partial charge in [0, 0.05) is 38.8 Å². The van der Waals surface area contributed by atoms with Crippen molar-refractivity contribution in [2.75, 3.05) is 9.71 Å². The van der Waals surface area contributed by atoms with E-state index in [1.165, 1.54) is 72.5 Å². The Kier molecular flexibility index (Phi) is 6.20. The summed E-state index contributed by atoms with van der Waals surface area (Å²) in [6.45, 7) is 4.64. The number of rotatable bonds is 3. The molecule has 12 rings (SSSR count). The topological polar surface area (TPSA) is 19.6 Å². The number of fused-ring (bicyclic) bond motifs is 10. The molecular weight excluding hydrogens is 667 g/mol. The van der Waals surface area contributed by atoms with Crippen LogP contribution in [0.4, 0.5) is 28.4 Å². The summed E-state index contributed by atoms with van der Waals surface area (Å²) in [4.78, 5) is 5.16. The fraction of sp³-hybridized carbons (Fsp3) is 0.0588. The molecule has 258 valence electrons. The van der Waals surface area contributed by atoms with Crippen LogP contribution in [0.15, 0.2) is 180 Å². The molecule has 4 heteroatoms. The van der Waals surface area contributed by atoms with E-state index in [0.29, 0.717) is 0 Å². The number of hydrogen-bond acceptors (Lipinski definition) is 3. The molecule has 3 aliphatic rings. The minimum Gasteiger partial charge on any atom is -0.454 e. The van der Waals surface area contributed by atoms with Gasteiger partial charge in [0.15, 0.2) is 5.58 Å². The highest BCUT2D eigenvalue weighted by molar-refractivity contribution is 6.94. The van der Waals surface area contributed by atoms with Crippen LogP contribution in [-0.2, 0) is 5.41 Å². The lowest BCUT2D eigenvalue weighted by atomic mass is 9.42. The smallest absolute Gasteiger partial charge is 0.333 e. The summed E-state index contributed by atoms with van der Waals surface area (Å²) >= 11 is 0. The van der Waals surface area contributed by atoms with E-state index in [-0.39, 0.29) is 12.3 Å². The van der Waals surface area contributed by atoms with Gasteiger partial charge in [-0.25, -0.2) is 0 Å². The van der Waals surface area contributed by atoms with Crippen LogP contribution < -0.4 is 20.6 Å². The first kappa shape index (κ1) is 30.7. The maximum Gasteiger partial charge on any atom is 0.333 e. The molecule has 0 radical (unpaired) electrons. The lowest BCUT2D eigenvalue weighted by Crippen LogP contribution is -2.62. The highest BCUT2D eigenvalue weighted by Crippen LogP contribution is 2.57. The molecule has 0 atom stereocenters. The highest BCUT2D eigenvalue weighted by atomic mass is 16.3. The van der Waals surface area contributed by atoms with Crippen LogP contribution in [-0.4, -0.2) is 6.85 Å². The molecule has 4 heterocycles. The molecule has 9 aromatic rings. The fourth-order valence-corrected chi connectivity index (χ4v) is 9.87. The first-order valence-corrected chi connectivity index (χ1v) is 19.2. The van der Waals surface area contributed by atoms with Crippen molar-refractivity contribution in [2.24, 2.45) is 0 Å². The van der Waals surface area contributed by atoms with Crippen LogP contribution in [0.1, 0.15) is 25.0 Å². The van der Waals surface area contributed by atoms with Crippen molar-refractivity contribution in [3.8, 4) is 33.4 Å². The predicted molar refractivity (Wildman–Crippen MR) is 230 cm³/mol. The number of para-hydroxylation sites is 3. The van der Waals surface area contributed by atoms with E-state index >= 15 is 0 Å². The monoisotopic (exact) mass is 702 g/mol. The second-order valence-electron chi connectivity index (χ2n) is 15.7. The largest absolute Gasteiger partial charge is 0.454 e. The lowest BCUT2D eigenvalue weighted by Gasteiger charge is -2.50. The SMILES string of the molecule is CC1(C)c2ccccc2N2c3c(cccc31)B1c3c(cc4c(oc5ccccc54)c32)-c2ccc(-c3ccccc3)cc2N1c1ccc(-c2ccccc2)cc1. The molecule has 0 amide bonds. The summed E-state index contributed by atoms with van der Waals surface area (Å²) in [5, 5.41) is 2.28. The summed E-state index contributed by atoms with van der Waals surface area (Å²) < 4.78 is 7.01. The van der Waals surface area contributed by atoms with Crippen LogP contribution in [0.3, 0.4) is 0 Å². The van der Waals surface area contributed by atoms with Gasteiger partial charge < -0.3 is 14.1 Å². The molecular formula is C51H35BN2O. The van der Waals surface area contributed by atoms with Gasteiger partial charge in [-0.3, -0.25) is 0 Å². The lowest BCUT2D eigenvalue weighted by molar-refractivity contribution is 0.631. The summed E-state index contributed by atoms with van der Waals surface area (Å²) in [5.41, 5.74) is 20.1. The van der Waals surface area contributed by atoms with E-state index in [0.717, 1.165) is 33.3 Å². The van der Waals surface area contributed by atoms with Gasteiger partial charge in [0.25, 0.3) is 0 Å². The van der Waals surface area contributed by atoms with Crippen LogP contribution >= 0.6 is 0 Å². The van der Waals surface area contributed by atoms with Crippen LogP contribution in [0.25, 0.3) is 55.3 Å². The summed E-state index contributed by atoms with van der Waals surface area (Å²) in [5.74, 6) is 0. The van der Waals surface area contributed by atoms with Crippen LogP contribution in [0, 0.1) is 0 Å². The van der Waals surface area contributed by atoms with Gasteiger partial charge in [0.05, 0.1) is 11.4 Å². The van der Waals surface area contributed by atoms with E-state index in [9.17, 15) is 0 Å². The number of benzene rings is 8. The van der Waals surface area contributed by atoms with Gasteiger partial charge >= 0.3 is 6.85 Å². The van der Waals surface area contributed by atoms with Gasteiger partial charge in [-0.2, -0.15) is 0 Å². The molecule has 55 heavy (non-hydrogen) atoms. The van der Waals surface area contributed by atoms with Crippen molar-refractivity contribution in [3.05, 3.63) is 187 Å². The summed E-state index contributed by atoms with van der Waals surface area (Å²) in [7, 11) is 0. The zero-order chi connectivity index (χ0) is 36.4. The molecule has 0 spiro atoms. The maximum atomic E-state index is 7.01. The zero-order valence-electron chi connectivity index (χ0n) is 30.6. The standard InChI is InChI=1S/C51H35BN2O/c1-51(2)41-19-10-11-22-44(41)53-48-42(51)20-13-21-43(48)52-47-39(31-40-38-18-9-12-23-46(38)55-50(40)49(47)53)37-29-26-35(33-16-7-4-8-17-33)30-45(37)54(52)36-27-24-34(25-28-36)32-14-5-3-6-15-32/h3-31H,1-2H3. The van der Waals surface area contributed by atoms with Gasteiger partial charge in [-0.05, 0) is 86.3 Å². The van der Waals surface area contributed by atoms with Crippen molar-refractivity contribution in [1.82, 2.24) is 0 Å².